The van der Waals surface area contributed by atoms with E-state index >= 15 is 0 Å². The van der Waals surface area contributed by atoms with Gasteiger partial charge in [-0.1, -0.05) is 6.07 Å². The smallest absolute Gasteiger partial charge is 0.264 e. The number of carbonyl (C=O) groups excluding carboxylic acids is 1. The Bertz CT molecular complexity index is 374. The molecule has 0 fully saturated rings. The summed E-state index contributed by atoms with van der Waals surface area (Å²) in [5.74, 6) is 0.783. The second-order valence-corrected chi connectivity index (χ2v) is 3.21. The summed E-state index contributed by atoms with van der Waals surface area (Å²) < 4.78 is 5.27. The number of ether oxygens (including phenoxy) is 1. The standard InChI is InChI=1S/C10H11NO2.C2H4/c1-7-3-4-9-8(5-7)11(2)10(12)6-13-9;1-2/h3-5H,6H2,1-2H3;1-2H2. The number of aryl methyl sites for hydroxylation is 1. The Kier molecular flexibility index (Phi) is 3.50. The molecule has 0 N–H and O–H groups in total. The van der Waals surface area contributed by atoms with Gasteiger partial charge in [-0.25, -0.2) is 0 Å². The highest BCUT2D eigenvalue weighted by molar-refractivity contribution is 5.97. The van der Waals surface area contributed by atoms with E-state index < -0.39 is 0 Å². The zero-order chi connectivity index (χ0) is 11.4. The lowest BCUT2D eigenvalue weighted by Gasteiger charge is -2.25. The molecule has 0 spiro atoms. The summed E-state index contributed by atoms with van der Waals surface area (Å²) in [4.78, 5) is 12.9. The molecule has 1 aromatic rings. The summed E-state index contributed by atoms with van der Waals surface area (Å²) in [5.41, 5.74) is 1.99. The molecule has 2 rings (SSSR count). The third-order valence-electron chi connectivity index (χ3n) is 2.20. The number of fused-ring (bicyclic) bond motifs is 1. The first-order valence-corrected chi connectivity index (χ1v) is 4.68. The van der Waals surface area contributed by atoms with Gasteiger partial charge in [-0.3, -0.25) is 4.79 Å². The van der Waals surface area contributed by atoms with Crippen LogP contribution >= 0.6 is 0 Å². The van der Waals surface area contributed by atoms with Crippen LogP contribution in [0.15, 0.2) is 31.4 Å². The molecule has 1 heterocycles. The van der Waals surface area contributed by atoms with Gasteiger partial charge in [-0.05, 0) is 24.6 Å². The van der Waals surface area contributed by atoms with Gasteiger partial charge in [-0.15, -0.1) is 13.2 Å². The fraction of sp³-hybridized carbons (Fsp3) is 0.250. The van der Waals surface area contributed by atoms with Crippen molar-refractivity contribution in [2.45, 2.75) is 6.92 Å². The summed E-state index contributed by atoms with van der Waals surface area (Å²) in [6.07, 6.45) is 0. The lowest BCUT2D eigenvalue weighted by molar-refractivity contribution is -0.120. The van der Waals surface area contributed by atoms with Gasteiger partial charge in [-0.2, -0.15) is 0 Å². The number of rotatable bonds is 0. The van der Waals surface area contributed by atoms with Crippen LogP contribution in [0.4, 0.5) is 5.69 Å². The van der Waals surface area contributed by atoms with Crippen LogP contribution in [0.1, 0.15) is 5.56 Å². The molecular weight excluding hydrogens is 190 g/mol. The van der Waals surface area contributed by atoms with Crippen LogP contribution in [0.2, 0.25) is 0 Å². The Balaban J connectivity index is 0.000000531. The lowest BCUT2D eigenvalue weighted by atomic mass is 10.2. The molecule has 80 valence electrons. The molecule has 0 aliphatic carbocycles. The first kappa shape index (κ1) is 11.3. The Morgan fingerprint density at radius 1 is 1.40 bits per heavy atom. The van der Waals surface area contributed by atoms with Crippen LogP contribution in [-0.2, 0) is 4.79 Å². The molecule has 1 aliphatic heterocycles. The number of carbonyl (C=O) groups is 1. The second-order valence-electron chi connectivity index (χ2n) is 3.21. The van der Waals surface area contributed by atoms with E-state index in [4.69, 9.17) is 4.74 Å². The first-order valence-electron chi connectivity index (χ1n) is 4.68. The maximum atomic E-state index is 11.3. The van der Waals surface area contributed by atoms with Crippen molar-refractivity contribution >= 4 is 11.6 Å². The lowest BCUT2D eigenvalue weighted by Crippen LogP contribution is -2.35. The van der Waals surface area contributed by atoms with E-state index in [9.17, 15) is 4.79 Å². The third kappa shape index (κ3) is 2.18. The van der Waals surface area contributed by atoms with E-state index in [-0.39, 0.29) is 12.5 Å². The van der Waals surface area contributed by atoms with E-state index in [1.165, 1.54) is 0 Å². The Morgan fingerprint density at radius 3 is 2.73 bits per heavy atom. The molecule has 0 aromatic heterocycles. The maximum absolute atomic E-state index is 11.3. The largest absolute Gasteiger partial charge is 0.482 e. The molecule has 1 aliphatic rings. The fourth-order valence-electron chi connectivity index (χ4n) is 1.38. The number of amides is 1. The van der Waals surface area contributed by atoms with Crippen molar-refractivity contribution in [3.63, 3.8) is 0 Å². The normalized spacial score (nSPS) is 13.5. The van der Waals surface area contributed by atoms with Crippen LogP contribution in [-0.4, -0.2) is 19.6 Å². The number of hydrogen-bond acceptors (Lipinski definition) is 2. The van der Waals surface area contributed by atoms with Gasteiger partial charge in [0.1, 0.15) is 5.75 Å². The molecule has 0 saturated carbocycles. The maximum Gasteiger partial charge on any atom is 0.264 e. The number of benzene rings is 1. The van der Waals surface area contributed by atoms with Crippen LogP contribution in [0.25, 0.3) is 0 Å². The minimum absolute atomic E-state index is 0.00176. The average Bonchev–Trinajstić information content (AvgIpc) is 2.27. The number of anilines is 1. The fourth-order valence-corrected chi connectivity index (χ4v) is 1.38. The highest BCUT2D eigenvalue weighted by Gasteiger charge is 2.21. The van der Waals surface area contributed by atoms with E-state index in [1.807, 2.05) is 25.1 Å². The number of hydrogen-bond donors (Lipinski definition) is 0. The topological polar surface area (TPSA) is 29.5 Å². The van der Waals surface area contributed by atoms with Crippen molar-refractivity contribution in [3.05, 3.63) is 36.9 Å². The predicted octanol–water partition coefficient (Wildman–Crippen LogP) is 2.15. The third-order valence-corrected chi connectivity index (χ3v) is 2.20. The summed E-state index contributed by atoms with van der Waals surface area (Å²) in [5, 5.41) is 0. The number of nitrogens with zero attached hydrogens (tertiary/aromatic N) is 1. The Labute approximate surface area is 90.0 Å². The summed E-state index contributed by atoms with van der Waals surface area (Å²) in [6.45, 7) is 8.14. The van der Waals surface area contributed by atoms with Crippen LogP contribution in [0, 0.1) is 6.92 Å². The molecule has 0 radical (unpaired) electrons. The molecule has 0 saturated heterocycles. The van der Waals surface area contributed by atoms with Crippen LogP contribution in [0.5, 0.6) is 5.75 Å². The highest BCUT2D eigenvalue weighted by Crippen LogP contribution is 2.31. The monoisotopic (exact) mass is 205 g/mol. The Hall–Kier alpha value is -1.77. The molecule has 1 aromatic carbocycles. The van der Waals surface area contributed by atoms with Crippen molar-refractivity contribution < 1.29 is 9.53 Å². The summed E-state index contributed by atoms with van der Waals surface area (Å²) in [6, 6.07) is 5.82. The van der Waals surface area contributed by atoms with E-state index in [1.54, 1.807) is 11.9 Å². The van der Waals surface area contributed by atoms with Gasteiger partial charge >= 0.3 is 0 Å². The van der Waals surface area contributed by atoms with Crippen LogP contribution < -0.4 is 9.64 Å². The molecule has 15 heavy (non-hydrogen) atoms. The van der Waals surface area contributed by atoms with Gasteiger partial charge in [0.15, 0.2) is 6.61 Å². The molecular formula is C12H15NO2. The average molecular weight is 205 g/mol. The molecule has 0 atom stereocenters. The van der Waals surface area contributed by atoms with Gasteiger partial charge in [0.05, 0.1) is 5.69 Å². The van der Waals surface area contributed by atoms with E-state index in [0.717, 1.165) is 17.0 Å². The highest BCUT2D eigenvalue weighted by atomic mass is 16.5. The molecule has 3 nitrogen and oxygen atoms in total. The van der Waals surface area contributed by atoms with Crippen molar-refractivity contribution in [1.82, 2.24) is 0 Å². The minimum Gasteiger partial charge on any atom is -0.482 e. The van der Waals surface area contributed by atoms with Crippen molar-refractivity contribution in [3.8, 4) is 5.75 Å². The molecule has 0 bridgehead atoms. The Morgan fingerprint density at radius 2 is 2.07 bits per heavy atom. The van der Waals surface area contributed by atoms with Gasteiger partial charge in [0.25, 0.3) is 5.91 Å². The van der Waals surface area contributed by atoms with Gasteiger partial charge in [0, 0.05) is 7.05 Å². The molecule has 0 unspecified atom stereocenters. The van der Waals surface area contributed by atoms with Crippen molar-refractivity contribution in [2.75, 3.05) is 18.6 Å². The van der Waals surface area contributed by atoms with Gasteiger partial charge in [0.2, 0.25) is 0 Å². The van der Waals surface area contributed by atoms with Crippen LogP contribution in [0.3, 0.4) is 0 Å². The van der Waals surface area contributed by atoms with E-state index in [2.05, 4.69) is 13.2 Å². The predicted molar refractivity (Wildman–Crippen MR) is 61.3 cm³/mol. The zero-order valence-electron chi connectivity index (χ0n) is 9.12. The first-order chi connectivity index (χ1) is 7.18. The van der Waals surface area contributed by atoms with Gasteiger partial charge < -0.3 is 9.64 Å². The minimum atomic E-state index is -0.00176. The summed E-state index contributed by atoms with van der Waals surface area (Å²) in [7, 11) is 1.77. The molecule has 3 heteroatoms. The molecule has 1 amide bonds. The summed E-state index contributed by atoms with van der Waals surface area (Å²) >= 11 is 0. The quantitative estimate of drug-likeness (QED) is 0.607. The van der Waals surface area contributed by atoms with Crippen molar-refractivity contribution in [1.29, 1.82) is 0 Å². The van der Waals surface area contributed by atoms with Crippen molar-refractivity contribution in [2.24, 2.45) is 0 Å². The SMILES string of the molecule is C=C.Cc1ccc2c(c1)N(C)C(=O)CO2. The van der Waals surface area contributed by atoms with E-state index in [0.29, 0.717) is 0 Å². The number of likely N-dealkylation sites (N-methyl/N-ethyl adjacent to an activating group) is 1. The zero-order valence-corrected chi connectivity index (χ0v) is 9.12. The second kappa shape index (κ2) is 4.64.